The number of rotatable bonds is 7. The monoisotopic (exact) mass is 508 g/mol. The van der Waals surface area contributed by atoms with Crippen LogP contribution in [-0.4, -0.2) is 46.6 Å². The van der Waals surface area contributed by atoms with Crippen LogP contribution in [0.1, 0.15) is 10.4 Å². The van der Waals surface area contributed by atoms with Crippen molar-refractivity contribution in [1.82, 2.24) is 19.9 Å². The molecule has 0 aliphatic rings. The average molecular weight is 509 g/mol. The number of fused-ring (bicyclic) bond motifs is 1. The number of thiazole rings is 1. The Bertz CT molecular complexity index is 1300. The smallest absolute Gasteiger partial charge is 0.368 e. The van der Waals surface area contributed by atoms with Gasteiger partial charge in [-0.2, -0.15) is 13.2 Å². The summed E-state index contributed by atoms with van der Waals surface area (Å²) in [7, 11) is 2.92. The zero-order valence-corrected chi connectivity index (χ0v) is 19.6. The van der Waals surface area contributed by atoms with Crippen molar-refractivity contribution in [2.45, 2.75) is 12.6 Å². The number of alkyl halides is 3. The molecule has 14 heteroatoms. The second-order valence-electron chi connectivity index (χ2n) is 7.23. The number of halogens is 3. The molecule has 0 saturated heterocycles. The molecule has 0 saturated carbocycles. The molecule has 0 bridgehead atoms. The summed E-state index contributed by atoms with van der Waals surface area (Å²) < 4.78 is 41.0. The lowest BCUT2D eigenvalue weighted by Crippen LogP contribution is -2.22. The van der Waals surface area contributed by atoms with Crippen LogP contribution < -0.4 is 20.9 Å². The Balaban J connectivity index is 1.33. The van der Waals surface area contributed by atoms with E-state index in [2.05, 4.69) is 35.9 Å². The molecule has 0 atom stereocenters. The highest BCUT2D eigenvalue weighted by Gasteiger charge is 2.35. The summed E-state index contributed by atoms with van der Waals surface area (Å²) in [5, 5.41) is 10.4. The van der Waals surface area contributed by atoms with Crippen molar-refractivity contribution in [2.24, 2.45) is 0 Å². The lowest BCUT2D eigenvalue weighted by Gasteiger charge is -2.19. The van der Waals surface area contributed by atoms with E-state index in [1.165, 1.54) is 42.9 Å². The number of anilines is 4. The average Bonchev–Trinajstić information content (AvgIpc) is 3.42. The van der Waals surface area contributed by atoms with Crippen LogP contribution >= 0.6 is 22.7 Å². The van der Waals surface area contributed by atoms with E-state index in [4.69, 9.17) is 0 Å². The van der Waals surface area contributed by atoms with Gasteiger partial charge in [-0.25, -0.2) is 24.7 Å². The number of nitrogens with one attached hydrogen (secondary N) is 3. The van der Waals surface area contributed by atoms with Gasteiger partial charge in [0.05, 0.1) is 22.1 Å². The van der Waals surface area contributed by atoms with E-state index in [9.17, 15) is 18.0 Å². The minimum absolute atomic E-state index is 0.0823. The minimum Gasteiger partial charge on any atom is -0.368 e. The van der Waals surface area contributed by atoms with E-state index in [0.29, 0.717) is 18.1 Å². The van der Waals surface area contributed by atoms with Crippen molar-refractivity contribution >= 4 is 61.4 Å². The van der Waals surface area contributed by atoms with E-state index in [1.54, 1.807) is 17.5 Å². The summed E-state index contributed by atoms with van der Waals surface area (Å²) in [6, 6.07) is 2.06. The fourth-order valence-electron chi connectivity index (χ4n) is 3.05. The first-order chi connectivity index (χ1) is 16.2. The lowest BCUT2D eigenvalue weighted by atomic mass is 10.2. The van der Waals surface area contributed by atoms with Gasteiger partial charge in [-0.05, 0) is 17.5 Å². The largest absolute Gasteiger partial charge is 0.420 e. The van der Waals surface area contributed by atoms with Crippen LogP contribution in [0.25, 0.3) is 10.2 Å². The fourth-order valence-corrected chi connectivity index (χ4v) is 4.67. The van der Waals surface area contributed by atoms with Gasteiger partial charge in [-0.3, -0.25) is 5.32 Å². The van der Waals surface area contributed by atoms with E-state index >= 15 is 0 Å². The molecule has 3 N–H and O–H groups in total. The Labute approximate surface area is 200 Å². The molecule has 4 rings (SSSR count). The van der Waals surface area contributed by atoms with Crippen LogP contribution in [0.5, 0.6) is 0 Å². The maximum Gasteiger partial charge on any atom is 0.420 e. The zero-order chi connectivity index (χ0) is 24.3. The van der Waals surface area contributed by atoms with Crippen LogP contribution in [0.3, 0.4) is 0 Å². The molecule has 0 aliphatic carbocycles. The molecule has 178 valence electrons. The molecule has 0 spiro atoms. The van der Waals surface area contributed by atoms with Gasteiger partial charge in [0, 0.05) is 38.1 Å². The molecule has 4 heterocycles. The van der Waals surface area contributed by atoms with Gasteiger partial charge in [-0.15, -0.1) is 22.7 Å². The van der Waals surface area contributed by atoms with Crippen LogP contribution in [0, 0.1) is 0 Å². The minimum atomic E-state index is -4.61. The second kappa shape index (κ2) is 9.77. The van der Waals surface area contributed by atoms with Crippen molar-refractivity contribution in [2.75, 3.05) is 41.5 Å². The highest BCUT2D eigenvalue weighted by molar-refractivity contribution is 7.17. The first kappa shape index (κ1) is 23.6. The molecule has 4 aromatic heterocycles. The van der Waals surface area contributed by atoms with Crippen molar-refractivity contribution in [3.05, 3.63) is 46.7 Å². The van der Waals surface area contributed by atoms with Gasteiger partial charge in [0.15, 0.2) is 5.13 Å². The molecule has 0 aromatic carbocycles. The third-order valence-electron chi connectivity index (χ3n) is 4.53. The Hall–Kier alpha value is -3.52. The number of hydrogen-bond acceptors (Lipinski definition) is 9. The van der Waals surface area contributed by atoms with Crippen LogP contribution in [0.2, 0.25) is 0 Å². The third kappa shape index (κ3) is 5.51. The van der Waals surface area contributed by atoms with Crippen LogP contribution in [0.4, 0.5) is 40.4 Å². The zero-order valence-electron chi connectivity index (χ0n) is 18.0. The number of hydrogen-bond donors (Lipinski definition) is 3. The number of urea groups is 1. The van der Waals surface area contributed by atoms with Gasteiger partial charge >= 0.3 is 12.2 Å². The Morgan fingerprint density at radius 1 is 1.12 bits per heavy atom. The molecule has 2 amide bonds. The first-order valence-corrected chi connectivity index (χ1v) is 11.6. The highest BCUT2D eigenvalue weighted by atomic mass is 32.1. The molecule has 0 fully saturated rings. The number of carbonyl (C=O) groups excluding carboxylic acids is 1. The Kier molecular flexibility index (Phi) is 6.79. The Morgan fingerprint density at radius 2 is 1.94 bits per heavy atom. The predicted octanol–water partition coefficient (Wildman–Crippen LogP) is 4.93. The molecular weight excluding hydrogens is 489 g/mol. The number of thiophene rings is 1. The van der Waals surface area contributed by atoms with Gasteiger partial charge in [0.1, 0.15) is 23.5 Å². The summed E-state index contributed by atoms with van der Waals surface area (Å²) >= 11 is 2.83. The SMILES string of the molecule is CN(C)c1ncc(NC(=O)Nc2ncc(CCNc3ncnc4ccsc34)s2)cc1C(F)(F)F. The summed E-state index contributed by atoms with van der Waals surface area (Å²) in [4.78, 5) is 30.9. The van der Waals surface area contributed by atoms with Crippen molar-refractivity contribution in [3.63, 3.8) is 0 Å². The topological polar surface area (TPSA) is 108 Å². The first-order valence-electron chi connectivity index (χ1n) is 9.90. The molecular formula is C20H19F3N8OS2. The quantitative estimate of drug-likeness (QED) is 0.325. The van der Waals surface area contributed by atoms with E-state index in [-0.39, 0.29) is 11.5 Å². The van der Waals surface area contributed by atoms with Gasteiger partial charge in [0.2, 0.25) is 0 Å². The summed E-state index contributed by atoms with van der Waals surface area (Å²) in [5.41, 5.74) is -0.143. The highest BCUT2D eigenvalue weighted by Crippen LogP contribution is 2.36. The van der Waals surface area contributed by atoms with E-state index in [0.717, 1.165) is 27.0 Å². The number of amides is 2. The lowest BCUT2D eigenvalue weighted by molar-refractivity contribution is -0.137. The third-order valence-corrected chi connectivity index (χ3v) is 6.42. The number of carbonyl (C=O) groups is 1. The molecule has 0 unspecified atom stereocenters. The van der Waals surface area contributed by atoms with E-state index < -0.39 is 17.8 Å². The summed E-state index contributed by atoms with van der Waals surface area (Å²) in [6.07, 6.45) is 0.341. The van der Waals surface area contributed by atoms with E-state index in [1.807, 2.05) is 11.4 Å². The normalized spacial score (nSPS) is 11.4. The molecule has 9 nitrogen and oxygen atoms in total. The maximum absolute atomic E-state index is 13.3. The Morgan fingerprint density at radius 3 is 2.71 bits per heavy atom. The summed E-state index contributed by atoms with van der Waals surface area (Å²) in [5.74, 6) is 0.521. The fraction of sp³-hybridized carbons (Fsp3) is 0.250. The summed E-state index contributed by atoms with van der Waals surface area (Å²) in [6.45, 7) is 0.599. The van der Waals surface area contributed by atoms with Crippen molar-refractivity contribution < 1.29 is 18.0 Å². The predicted molar refractivity (Wildman–Crippen MR) is 128 cm³/mol. The van der Waals surface area contributed by atoms with Crippen LogP contribution in [-0.2, 0) is 12.6 Å². The molecule has 0 radical (unpaired) electrons. The molecule has 34 heavy (non-hydrogen) atoms. The molecule has 4 aromatic rings. The number of pyridine rings is 1. The van der Waals surface area contributed by atoms with Gasteiger partial charge in [0.25, 0.3) is 0 Å². The number of nitrogens with zero attached hydrogens (tertiary/aromatic N) is 5. The maximum atomic E-state index is 13.3. The van der Waals surface area contributed by atoms with Gasteiger partial charge < -0.3 is 15.5 Å². The van der Waals surface area contributed by atoms with Gasteiger partial charge in [-0.1, -0.05) is 0 Å². The number of aromatic nitrogens is 4. The second-order valence-corrected chi connectivity index (χ2v) is 9.26. The van der Waals surface area contributed by atoms with Crippen LogP contribution in [0.15, 0.2) is 36.2 Å². The van der Waals surface area contributed by atoms with Crippen molar-refractivity contribution in [3.8, 4) is 0 Å². The standard InChI is InChI=1S/C20H19F3N8OS2/c1-31(2)17-13(20(21,22)23)7-11(8-25-17)29-18(32)30-19-26-9-12(34-19)3-5-24-16-15-14(4-6-33-15)27-10-28-16/h4,6-10H,3,5H2,1-2H3,(H,24,27,28)(H2,26,29,30,32). The molecule has 0 aliphatic heterocycles. The van der Waals surface area contributed by atoms with Crippen molar-refractivity contribution in [1.29, 1.82) is 0 Å².